The summed E-state index contributed by atoms with van der Waals surface area (Å²) in [6.45, 7) is 3.87. The molecule has 0 aromatic rings. The van der Waals surface area contributed by atoms with E-state index in [1.807, 2.05) is 19.0 Å². The van der Waals surface area contributed by atoms with Crippen LogP contribution in [0.2, 0.25) is 0 Å². The number of ether oxygens (including phenoxy) is 1. The monoisotopic (exact) mass is 322 g/mol. The summed E-state index contributed by atoms with van der Waals surface area (Å²) in [6, 6.07) is 0. The molecule has 5 nitrogen and oxygen atoms in total. The highest BCUT2D eigenvalue weighted by molar-refractivity contribution is 5.85. The normalized spacial score (nSPS) is 17.3. The fourth-order valence-corrected chi connectivity index (χ4v) is 2.43. The summed E-state index contributed by atoms with van der Waals surface area (Å²) >= 11 is 0. The lowest BCUT2D eigenvalue weighted by molar-refractivity contribution is -0.156. The van der Waals surface area contributed by atoms with Gasteiger partial charge in [0, 0.05) is 19.4 Å². The molecule has 1 heterocycles. The van der Waals surface area contributed by atoms with Gasteiger partial charge in [-0.2, -0.15) is 0 Å². The number of rotatable bonds is 9. The maximum absolute atomic E-state index is 12.2. The largest absolute Gasteiger partial charge is 0.452 e. The molecule has 1 aliphatic rings. The van der Waals surface area contributed by atoms with Crippen molar-refractivity contribution >= 4 is 11.9 Å². The van der Waals surface area contributed by atoms with Crippen LogP contribution in [0.15, 0.2) is 0 Å². The van der Waals surface area contributed by atoms with Crippen LogP contribution in [0, 0.1) is 11.8 Å². The molecule has 1 rings (SSSR count). The van der Waals surface area contributed by atoms with E-state index in [1.165, 1.54) is 12.8 Å². The zero-order valence-electron chi connectivity index (χ0n) is 14.8. The molecule has 0 N–H and O–H groups in total. The Bertz CT molecular complexity index is 437. The fourth-order valence-electron chi connectivity index (χ4n) is 2.43. The van der Waals surface area contributed by atoms with Crippen LogP contribution >= 0.6 is 0 Å². The zero-order chi connectivity index (χ0) is 17.1. The Morgan fingerprint density at radius 1 is 1.26 bits per heavy atom. The van der Waals surface area contributed by atoms with E-state index in [0.717, 1.165) is 19.3 Å². The highest BCUT2D eigenvalue weighted by atomic mass is 16.5. The average Bonchev–Trinajstić information content (AvgIpc) is 2.84. The van der Waals surface area contributed by atoms with Crippen molar-refractivity contribution in [1.29, 1.82) is 0 Å². The number of hydrogen-bond acceptors (Lipinski definition) is 4. The smallest absolute Gasteiger partial charge is 0.306 e. The minimum atomic E-state index is -0.603. The van der Waals surface area contributed by atoms with E-state index in [-0.39, 0.29) is 11.9 Å². The predicted molar refractivity (Wildman–Crippen MR) is 90.8 cm³/mol. The fraction of sp³-hybridized carbons (Fsp3) is 0.778. The van der Waals surface area contributed by atoms with E-state index in [9.17, 15) is 9.59 Å². The van der Waals surface area contributed by atoms with Gasteiger partial charge in [0.25, 0.3) is 5.91 Å². The molecule has 0 aliphatic carbocycles. The van der Waals surface area contributed by atoms with Crippen LogP contribution in [0.1, 0.15) is 51.9 Å². The second-order valence-electron chi connectivity index (χ2n) is 6.28. The van der Waals surface area contributed by atoms with Crippen molar-refractivity contribution in [3.63, 3.8) is 0 Å². The Morgan fingerprint density at radius 2 is 2.00 bits per heavy atom. The summed E-state index contributed by atoms with van der Waals surface area (Å²) in [5.41, 5.74) is 0. The molecule has 1 amide bonds. The molecule has 130 valence electrons. The van der Waals surface area contributed by atoms with Gasteiger partial charge in [0.05, 0.1) is 13.1 Å². The van der Waals surface area contributed by atoms with Gasteiger partial charge in [0.2, 0.25) is 0 Å². The number of nitrogens with zero attached hydrogens (tertiary/aromatic N) is 2. The Morgan fingerprint density at radius 3 is 2.70 bits per heavy atom. The van der Waals surface area contributed by atoms with Gasteiger partial charge >= 0.3 is 5.97 Å². The molecule has 0 spiro atoms. The van der Waals surface area contributed by atoms with Gasteiger partial charge < -0.3 is 9.64 Å². The third kappa shape index (κ3) is 8.03. The number of likely N-dealkylation sites (tertiary alicyclic amines) is 1. The topological polar surface area (TPSA) is 49.9 Å². The average molecular weight is 322 g/mol. The van der Waals surface area contributed by atoms with Crippen molar-refractivity contribution in [2.75, 3.05) is 33.7 Å². The van der Waals surface area contributed by atoms with Crippen LogP contribution < -0.4 is 0 Å². The van der Waals surface area contributed by atoms with Gasteiger partial charge in [-0.3, -0.25) is 14.5 Å². The number of hydrogen-bond donors (Lipinski definition) is 0. The summed E-state index contributed by atoms with van der Waals surface area (Å²) in [4.78, 5) is 27.6. The highest BCUT2D eigenvalue weighted by Gasteiger charge is 2.33. The van der Waals surface area contributed by atoms with E-state index in [1.54, 1.807) is 4.90 Å². The van der Waals surface area contributed by atoms with Crippen LogP contribution in [-0.4, -0.2) is 61.5 Å². The lowest BCUT2D eigenvalue weighted by Crippen LogP contribution is -2.32. The van der Waals surface area contributed by atoms with Crippen molar-refractivity contribution in [2.24, 2.45) is 0 Å². The van der Waals surface area contributed by atoms with Crippen LogP contribution in [0.3, 0.4) is 0 Å². The third-order valence-electron chi connectivity index (χ3n) is 3.80. The van der Waals surface area contributed by atoms with Gasteiger partial charge in [-0.1, -0.05) is 44.4 Å². The molecule has 5 heteroatoms. The molecule has 0 aromatic carbocycles. The first kappa shape index (κ1) is 19.5. The van der Waals surface area contributed by atoms with Crippen LogP contribution in [0.5, 0.6) is 0 Å². The van der Waals surface area contributed by atoms with Gasteiger partial charge in [0.1, 0.15) is 0 Å². The van der Waals surface area contributed by atoms with E-state index in [2.05, 4.69) is 18.8 Å². The van der Waals surface area contributed by atoms with Crippen LogP contribution in [0.25, 0.3) is 0 Å². The molecule has 1 atom stereocenters. The number of esters is 1. The lowest BCUT2D eigenvalue weighted by atomic mass is 10.1. The second kappa shape index (κ2) is 11.1. The van der Waals surface area contributed by atoms with E-state index in [0.29, 0.717) is 32.5 Å². The predicted octanol–water partition coefficient (Wildman–Crippen LogP) is 2.06. The molecule has 0 aromatic heterocycles. The van der Waals surface area contributed by atoms with Crippen molar-refractivity contribution in [3.8, 4) is 11.8 Å². The lowest BCUT2D eigenvalue weighted by Gasteiger charge is -2.13. The second-order valence-corrected chi connectivity index (χ2v) is 6.28. The molecular weight excluding hydrogens is 292 g/mol. The zero-order valence-corrected chi connectivity index (χ0v) is 14.8. The Balaban J connectivity index is 2.24. The molecule has 1 aliphatic heterocycles. The summed E-state index contributed by atoms with van der Waals surface area (Å²) in [6.07, 6.45) is 5.84. The van der Waals surface area contributed by atoms with Gasteiger partial charge in [-0.15, -0.1) is 0 Å². The summed E-state index contributed by atoms with van der Waals surface area (Å²) in [5.74, 6) is 5.64. The standard InChI is InChI=1S/C18H30N2O3/c1-4-5-6-7-8-11-17(21)23-16-12-15-20(18(16)22)14-10-9-13-19(2)3/h16H,4-8,11-15H2,1-3H3/t16-/m1/s1. The molecular formula is C18H30N2O3. The van der Waals surface area contributed by atoms with Crippen LogP contribution in [0.4, 0.5) is 0 Å². The number of amides is 1. The first-order valence-corrected chi connectivity index (χ1v) is 8.63. The molecule has 0 saturated carbocycles. The highest BCUT2D eigenvalue weighted by Crippen LogP contribution is 2.15. The van der Waals surface area contributed by atoms with E-state index >= 15 is 0 Å². The van der Waals surface area contributed by atoms with Gasteiger partial charge in [0.15, 0.2) is 6.10 Å². The van der Waals surface area contributed by atoms with Crippen LogP contribution in [-0.2, 0) is 14.3 Å². The van der Waals surface area contributed by atoms with Gasteiger partial charge in [-0.25, -0.2) is 0 Å². The molecule has 0 bridgehead atoms. The number of carbonyl (C=O) groups excluding carboxylic acids is 2. The van der Waals surface area contributed by atoms with Crippen molar-refractivity contribution in [2.45, 2.75) is 58.0 Å². The quantitative estimate of drug-likeness (QED) is 0.370. The first-order chi connectivity index (χ1) is 11.0. The SMILES string of the molecule is CCCCCCCC(=O)O[C@@H]1CCN(CC#CCN(C)C)C1=O. The first-order valence-electron chi connectivity index (χ1n) is 8.63. The van der Waals surface area contributed by atoms with Crippen molar-refractivity contribution < 1.29 is 14.3 Å². The molecule has 1 saturated heterocycles. The summed E-state index contributed by atoms with van der Waals surface area (Å²) in [7, 11) is 3.90. The maximum atomic E-state index is 12.2. The molecule has 23 heavy (non-hydrogen) atoms. The Hall–Kier alpha value is -1.54. The molecule has 1 fully saturated rings. The Kier molecular flexibility index (Phi) is 9.39. The maximum Gasteiger partial charge on any atom is 0.306 e. The number of carbonyl (C=O) groups is 2. The minimum absolute atomic E-state index is 0.108. The summed E-state index contributed by atoms with van der Waals surface area (Å²) in [5, 5.41) is 0. The van der Waals surface area contributed by atoms with Gasteiger partial charge in [-0.05, 0) is 20.5 Å². The molecule has 0 radical (unpaired) electrons. The van der Waals surface area contributed by atoms with E-state index in [4.69, 9.17) is 4.74 Å². The minimum Gasteiger partial charge on any atom is -0.452 e. The Labute approximate surface area is 140 Å². The van der Waals surface area contributed by atoms with E-state index < -0.39 is 6.10 Å². The van der Waals surface area contributed by atoms with Crippen molar-refractivity contribution in [1.82, 2.24) is 9.80 Å². The van der Waals surface area contributed by atoms with Crippen molar-refractivity contribution in [3.05, 3.63) is 0 Å². The third-order valence-corrected chi connectivity index (χ3v) is 3.80. The summed E-state index contributed by atoms with van der Waals surface area (Å²) < 4.78 is 5.32. The molecule has 0 unspecified atom stereocenters. The number of unbranched alkanes of at least 4 members (excludes halogenated alkanes) is 4.